The molecule has 23 heavy (non-hydrogen) atoms. The fourth-order valence-corrected chi connectivity index (χ4v) is 4.21. The molecule has 0 bridgehead atoms. The molecule has 1 saturated heterocycles. The Morgan fingerprint density at radius 1 is 1.22 bits per heavy atom. The first kappa shape index (κ1) is 16.4. The molecular formula is C16H12BrClN2O2S. The Balaban J connectivity index is 1.87. The van der Waals surface area contributed by atoms with E-state index in [-0.39, 0.29) is 18.2 Å². The number of anilines is 2. The van der Waals surface area contributed by atoms with Crippen LogP contribution in [0, 0.1) is 0 Å². The first-order valence-corrected chi connectivity index (χ1v) is 8.85. The Labute approximate surface area is 151 Å². The van der Waals surface area contributed by atoms with E-state index in [1.54, 1.807) is 24.3 Å². The van der Waals surface area contributed by atoms with Gasteiger partial charge in [0, 0.05) is 21.5 Å². The van der Waals surface area contributed by atoms with Crippen LogP contribution in [0.3, 0.4) is 0 Å². The molecule has 2 amide bonds. The quantitative estimate of drug-likeness (QED) is 0.610. The van der Waals surface area contributed by atoms with Gasteiger partial charge in [0.25, 0.3) is 0 Å². The lowest BCUT2D eigenvalue weighted by atomic mass is 10.3. The monoisotopic (exact) mass is 410 g/mol. The van der Waals surface area contributed by atoms with Crippen LogP contribution in [0.25, 0.3) is 0 Å². The minimum absolute atomic E-state index is 0.129. The number of carbonyl (C=O) groups is 2. The standard InChI is InChI=1S/C16H12BrClN2O2S/c17-9-5-6-12(10(18)7-9)20-15(21)8-14(16(20)22)23-13-4-2-1-3-11(13)19/h1-7,14H,8,19H2. The molecule has 1 fully saturated rings. The molecule has 0 spiro atoms. The third-order valence-electron chi connectivity index (χ3n) is 3.44. The topological polar surface area (TPSA) is 63.4 Å². The number of halogens is 2. The zero-order valence-corrected chi connectivity index (χ0v) is 15.0. The van der Waals surface area contributed by atoms with Crippen molar-refractivity contribution in [2.24, 2.45) is 0 Å². The van der Waals surface area contributed by atoms with Gasteiger partial charge in [-0.25, -0.2) is 4.90 Å². The van der Waals surface area contributed by atoms with Gasteiger partial charge in [-0.1, -0.05) is 39.7 Å². The molecule has 4 nitrogen and oxygen atoms in total. The van der Waals surface area contributed by atoms with Crippen molar-refractivity contribution in [3.8, 4) is 0 Å². The van der Waals surface area contributed by atoms with Crippen LogP contribution in [0.2, 0.25) is 5.02 Å². The van der Waals surface area contributed by atoms with E-state index in [1.807, 2.05) is 18.2 Å². The summed E-state index contributed by atoms with van der Waals surface area (Å²) in [7, 11) is 0. The van der Waals surface area contributed by atoms with Crippen LogP contribution in [0.4, 0.5) is 11.4 Å². The van der Waals surface area contributed by atoms with Crippen molar-refractivity contribution in [2.45, 2.75) is 16.6 Å². The summed E-state index contributed by atoms with van der Waals surface area (Å²) < 4.78 is 0.785. The van der Waals surface area contributed by atoms with Crippen LogP contribution in [0.15, 0.2) is 51.8 Å². The minimum atomic E-state index is -0.494. The second-order valence-corrected chi connectivity index (χ2v) is 7.58. The summed E-state index contributed by atoms with van der Waals surface area (Å²) in [5.74, 6) is -0.529. The van der Waals surface area contributed by atoms with E-state index in [2.05, 4.69) is 15.9 Å². The van der Waals surface area contributed by atoms with E-state index >= 15 is 0 Å². The highest BCUT2D eigenvalue weighted by Crippen LogP contribution is 2.38. The average Bonchev–Trinajstić information content (AvgIpc) is 2.77. The minimum Gasteiger partial charge on any atom is -0.398 e. The van der Waals surface area contributed by atoms with Gasteiger partial charge in [0.1, 0.15) is 0 Å². The number of nitrogen functional groups attached to an aromatic ring is 1. The van der Waals surface area contributed by atoms with E-state index in [4.69, 9.17) is 17.3 Å². The zero-order chi connectivity index (χ0) is 16.6. The Hall–Kier alpha value is -1.50. The Morgan fingerprint density at radius 2 is 1.96 bits per heavy atom. The number of carbonyl (C=O) groups excluding carboxylic acids is 2. The van der Waals surface area contributed by atoms with Crippen LogP contribution < -0.4 is 10.6 Å². The number of para-hydroxylation sites is 1. The van der Waals surface area contributed by atoms with Crippen LogP contribution >= 0.6 is 39.3 Å². The summed E-state index contributed by atoms with van der Waals surface area (Å²) in [5.41, 5.74) is 6.91. The molecule has 1 unspecified atom stereocenters. The Morgan fingerprint density at radius 3 is 2.65 bits per heavy atom. The molecule has 2 aromatic carbocycles. The summed E-state index contributed by atoms with van der Waals surface area (Å²) in [5, 5.41) is -0.141. The molecule has 1 aliphatic rings. The van der Waals surface area contributed by atoms with Gasteiger partial charge >= 0.3 is 0 Å². The van der Waals surface area contributed by atoms with Crippen molar-refractivity contribution in [1.82, 2.24) is 0 Å². The number of nitrogens with zero attached hydrogens (tertiary/aromatic N) is 1. The lowest BCUT2D eigenvalue weighted by molar-refractivity contribution is -0.121. The van der Waals surface area contributed by atoms with E-state index in [0.717, 1.165) is 14.3 Å². The van der Waals surface area contributed by atoms with E-state index in [1.165, 1.54) is 11.8 Å². The van der Waals surface area contributed by atoms with Crippen molar-refractivity contribution < 1.29 is 9.59 Å². The van der Waals surface area contributed by atoms with E-state index < -0.39 is 5.25 Å². The van der Waals surface area contributed by atoms with Crippen LogP contribution in [-0.2, 0) is 9.59 Å². The molecule has 0 aliphatic carbocycles. The Bertz CT molecular complexity index is 799. The number of imide groups is 1. The second-order valence-electron chi connectivity index (χ2n) is 5.01. The molecule has 1 heterocycles. The van der Waals surface area contributed by atoms with Gasteiger partial charge in [-0.3, -0.25) is 9.59 Å². The number of amides is 2. The maximum atomic E-state index is 12.6. The number of benzene rings is 2. The normalized spacial score (nSPS) is 17.8. The van der Waals surface area contributed by atoms with Crippen molar-refractivity contribution in [3.05, 3.63) is 52.0 Å². The van der Waals surface area contributed by atoms with Gasteiger partial charge in [-0.15, -0.1) is 11.8 Å². The zero-order valence-electron chi connectivity index (χ0n) is 11.8. The first-order chi connectivity index (χ1) is 11.0. The molecule has 2 aromatic rings. The molecule has 3 rings (SSSR count). The molecule has 1 atom stereocenters. The van der Waals surface area contributed by atoms with Gasteiger partial charge in [0.15, 0.2) is 0 Å². The summed E-state index contributed by atoms with van der Waals surface area (Å²) in [6.07, 6.45) is 0.129. The van der Waals surface area contributed by atoms with Gasteiger partial charge in [-0.05, 0) is 30.3 Å². The molecule has 0 aromatic heterocycles. The van der Waals surface area contributed by atoms with Crippen molar-refractivity contribution in [2.75, 3.05) is 10.6 Å². The fourth-order valence-electron chi connectivity index (χ4n) is 2.35. The predicted molar refractivity (Wildman–Crippen MR) is 96.8 cm³/mol. The largest absolute Gasteiger partial charge is 0.398 e. The van der Waals surface area contributed by atoms with Crippen molar-refractivity contribution in [3.63, 3.8) is 0 Å². The van der Waals surface area contributed by atoms with Crippen molar-refractivity contribution in [1.29, 1.82) is 0 Å². The molecular weight excluding hydrogens is 400 g/mol. The van der Waals surface area contributed by atoms with Gasteiger partial charge in [-0.2, -0.15) is 0 Å². The molecule has 7 heteroatoms. The van der Waals surface area contributed by atoms with Crippen LogP contribution in [0.5, 0.6) is 0 Å². The second kappa shape index (κ2) is 6.55. The third kappa shape index (κ3) is 3.24. The highest BCUT2D eigenvalue weighted by atomic mass is 79.9. The summed E-state index contributed by atoms with van der Waals surface area (Å²) >= 11 is 10.8. The number of hydrogen-bond donors (Lipinski definition) is 1. The SMILES string of the molecule is Nc1ccccc1SC1CC(=O)N(c2ccc(Br)cc2Cl)C1=O. The predicted octanol–water partition coefficient (Wildman–Crippen LogP) is 4.11. The first-order valence-electron chi connectivity index (χ1n) is 6.80. The summed E-state index contributed by atoms with van der Waals surface area (Å²) in [6, 6.07) is 12.4. The number of rotatable bonds is 3. The molecule has 2 N–H and O–H groups in total. The highest BCUT2D eigenvalue weighted by Gasteiger charge is 2.41. The maximum Gasteiger partial charge on any atom is 0.247 e. The van der Waals surface area contributed by atoms with Crippen LogP contribution in [0.1, 0.15) is 6.42 Å². The Kier molecular flexibility index (Phi) is 4.66. The molecule has 118 valence electrons. The highest BCUT2D eigenvalue weighted by molar-refractivity contribution is 9.10. The summed E-state index contributed by atoms with van der Waals surface area (Å²) in [4.78, 5) is 26.9. The molecule has 0 saturated carbocycles. The van der Waals surface area contributed by atoms with E-state index in [0.29, 0.717) is 16.4 Å². The summed E-state index contributed by atoms with van der Waals surface area (Å²) in [6.45, 7) is 0. The van der Waals surface area contributed by atoms with E-state index in [9.17, 15) is 9.59 Å². The maximum absolute atomic E-state index is 12.6. The van der Waals surface area contributed by atoms with Gasteiger partial charge in [0.05, 0.1) is 16.0 Å². The van der Waals surface area contributed by atoms with Gasteiger partial charge in [0.2, 0.25) is 11.8 Å². The lowest BCUT2D eigenvalue weighted by Gasteiger charge is -2.16. The van der Waals surface area contributed by atoms with Gasteiger partial charge < -0.3 is 5.73 Å². The number of nitrogens with two attached hydrogens (primary N) is 1. The number of hydrogen-bond acceptors (Lipinski definition) is 4. The third-order valence-corrected chi connectivity index (χ3v) is 5.52. The smallest absolute Gasteiger partial charge is 0.247 e. The lowest BCUT2D eigenvalue weighted by Crippen LogP contribution is -2.31. The fraction of sp³-hybridized carbons (Fsp3) is 0.125. The molecule has 0 radical (unpaired) electrons. The van der Waals surface area contributed by atoms with Crippen molar-refractivity contribution >= 4 is 62.5 Å². The molecule has 1 aliphatic heterocycles. The van der Waals surface area contributed by atoms with Crippen LogP contribution in [-0.4, -0.2) is 17.1 Å². The average molecular weight is 412 g/mol. The number of thioether (sulfide) groups is 1.